The molecule has 0 bridgehead atoms. The smallest absolute Gasteiger partial charge is 0.396 e. The van der Waals surface area contributed by atoms with Crippen molar-refractivity contribution in [1.82, 2.24) is 9.55 Å². The van der Waals surface area contributed by atoms with E-state index in [9.17, 15) is 15.2 Å². The van der Waals surface area contributed by atoms with Gasteiger partial charge in [0.1, 0.15) is 0 Å². The Morgan fingerprint density at radius 1 is 1.61 bits per heavy atom. The van der Waals surface area contributed by atoms with Gasteiger partial charge in [-0.3, -0.25) is 4.57 Å². The summed E-state index contributed by atoms with van der Waals surface area (Å²) >= 11 is 0. The second-order valence-electron chi connectivity index (χ2n) is 5.00. The number of rotatable bonds is 5. The first-order chi connectivity index (χ1) is 8.58. The first-order valence-corrected chi connectivity index (χ1v) is 6.08. The Bertz CT molecular complexity index is 437. The fourth-order valence-electron chi connectivity index (χ4n) is 2.54. The maximum absolute atomic E-state index is 10.8. The van der Waals surface area contributed by atoms with Gasteiger partial charge in [0.2, 0.25) is 12.1 Å². The van der Waals surface area contributed by atoms with Crippen LogP contribution in [0.1, 0.15) is 25.7 Å². The standard InChI is InChI=1S/C11H18N4O3/c1-14-8-13-10(15(17)18)9(14)12-6-11(7-16)4-2-3-5-11/h8,12,16H,2-7H2,1H3. The Hall–Kier alpha value is -1.63. The Morgan fingerprint density at radius 3 is 2.83 bits per heavy atom. The van der Waals surface area contributed by atoms with Gasteiger partial charge in [-0.2, -0.15) is 0 Å². The highest BCUT2D eigenvalue weighted by Gasteiger charge is 2.34. The SMILES string of the molecule is Cn1cnc([N+](=O)[O-])c1NCC1(CO)CCCC1. The first kappa shape index (κ1) is 12.8. The van der Waals surface area contributed by atoms with Crippen molar-refractivity contribution in [2.75, 3.05) is 18.5 Å². The molecule has 1 saturated carbocycles. The molecule has 7 heteroatoms. The van der Waals surface area contributed by atoms with Gasteiger partial charge in [0.05, 0.1) is 6.61 Å². The third-order valence-corrected chi connectivity index (χ3v) is 3.72. The molecular formula is C11H18N4O3. The van der Waals surface area contributed by atoms with Gasteiger partial charge in [0, 0.05) is 19.0 Å². The zero-order chi connectivity index (χ0) is 13.2. The number of nitro groups is 1. The van der Waals surface area contributed by atoms with Crippen LogP contribution < -0.4 is 5.32 Å². The zero-order valence-corrected chi connectivity index (χ0v) is 10.4. The van der Waals surface area contributed by atoms with Crippen LogP contribution in [0.25, 0.3) is 0 Å². The van der Waals surface area contributed by atoms with E-state index in [1.54, 1.807) is 11.6 Å². The van der Waals surface area contributed by atoms with Crippen molar-refractivity contribution in [3.05, 3.63) is 16.4 Å². The molecule has 1 aliphatic carbocycles. The van der Waals surface area contributed by atoms with Gasteiger partial charge in [-0.15, -0.1) is 0 Å². The van der Waals surface area contributed by atoms with Gasteiger partial charge in [-0.05, 0) is 22.7 Å². The summed E-state index contributed by atoms with van der Waals surface area (Å²) in [7, 11) is 1.71. The normalized spacial score (nSPS) is 17.9. The van der Waals surface area contributed by atoms with Crippen molar-refractivity contribution in [2.45, 2.75) is 25.7 Å². The van der Waals surface area contributed by atoms with Gasteiger partial charge < -0.3 is 20.5 Å². The molecule has 1 heterocycles. The van der Waals surface area contributed by atoms with E-state index in [1.807, 2.05) is 0 Å². The average molecular weight is 254 g/mol. The molecule has 0 aliphatic heterocycles. The molecule has 2 rings (SSSR count). The van der Waals surface area contributed by atoms with Gasteiger partial charge in [0.15, 0.2) is 0 Å². The molecule has 0 atom stereocenters. The molecule has 0 unspecified atom stereocenters. The lowest BCUT2D eigenvalue weighted by molar-refractivity contribution is -0.388. The fourth-order valence-corrected chi connectivity index (χ4v) is 2.54. The van der Waals surface area contributed by atoms with Crippen molar-refractivity contribution in [3.8, 4) is 0 Å². The number of hydrogen-bond donors (Lipinski definition) is 2. The van der Waals surface area contributed by atoms with E-state index in [0.717, 1.165) is 25.7 Å². The van der Waals surface area contributed by atoms with Crippen LogP contribution >= 0.6 is 0 Å². The minimum atomic E-state index is -0.497. The highest BCUT2D eigenvalue weighted by Crippen LogP contribution is 2.38. The molecule has 1 aromatic heterocycles. The summed E-state index contributed by atoms with van der Waals surface area (Å²) in [5.74, 6) is 0.239. The zero-order valence-electron chi connectivity index (χ0n) is 10.4. The number of nitrogens with one attached hydrogen (secondary N) is 1. The largest absolute Gasteiger partial charge is 0.406 e. The molecule has 1 fully saturated rings. The minimum Gasteiger partial charge on any atom is -0.396 e. The van der Waals surface area contributed by atoms with E-state index >= 15 is 0 Å². The van der Waals surface area contributed by atoms with Crippen LogP contribution in [0.3, 0.4) is 0 Å². The average Bonchev–Trinajstić information content (AvgIpc) is 2.94. The quantitative estimate of drug-likeness (QED) is 0.610. The van der Waals surface area contributed by atoms with Crippen LogP contribution in [0.2, 0.25) is 0 Å². The lowest BCUT2D eigenvalue weighted by Crippen LogP contribution is -2.31. The Morgan fingerprint density at radius 2 is 2.28 bits per heavy atom. The summed E-state index contributed by atoms with van der Waals surface area (Å²) in [6, 6.07) is 0. The van der Waals surface area contributed by atoms with E-state index in [4.69, 9.17) is 0 Å². The molecule has 2 N–H and O–H groups in total. The van der Waals surface area contributed by atoms with Crippen molar-refractivity contribution >= 4 is 11.6 Å². The van der Waals surface area contributed by atoms with Crippen LogP contribution in [0.15, 0.2) is 6.33 Å². The second kappa shape index (κ2) is 4.93. The summed E-state index contributed by atoms with van der Waals surface area (Å²) in [6.45, 7) is 0.662. The van der Waals surface area contributed by atoms with Crippen LogP contribution in [-0.4, -0.2) is 32.7 Å². The molecule has 1 aliphatic rings. The number of aryl methyl sites for hydroxylation is 1. The summed E-state index contributed by atoms with van der Waals surface area (Å²) in [6.07, 6.45) is 5.55. The van der Waals surface area contributed by atoms with Gasteiger partial charge in [-0.25, -0.2) is 0 Å². The highest BCUT2D eigenvalue weighted by molar-refractivity contribution is 5.52. The van der Waals surface area contributed by atoms with Crippen LogP contribution in [-0.2, 0) is 7.05 Å². The van der Waals surface area contributed by atoms with Gasteiger partial charge >= 0.3 is 5.82 Å². The minimum absolute atomic E-state index is 0.117. The number of anilines is 1. The predicted octanol–water partition coefficient (Wildman–Crippen LogP) is 1.29. The number of nitrogens with zero attached hydrogens (tertiary/aromatic N) is 3. The molecular weight excluding hydrogens is 236 g/mol. The summed E-state index contributed by atoms with van der Waals surface area (Å²) in [5, 5.41) is 23.4. The number of aliphatic hydroxyl groups is 1. The van der Waals surface area contributed by atoms with Gasteiger partial charge in [-0.1, -0.05) is 12.8 Å². The topological polar surface area (TPSA) is 93.2 Å². The number of aliphatic hydroxyl groups excluding tert-OH is 1. The monoisotopic (exact) mass is 254 g/mol. The van der Waals surface area contributed by atoms with Crippen molar-refractivity contribution in [3.63, 3.8) is 0 Å². The molecule has 0 amide bonds. The van der Waals surface area contributed by atoms with E-state index < -0.39 is 4.92 Å². The van der Waals surface area contributed by atoms with Gasteiger partial charge in [0.25, 0.3) is 0 Å². The third-order valence-electron chi connectivity index (χ3n) is 3.72. The lowest BCUT2D eigenvalue weighted by atomic mass is 9.87. The molecule has 0 radical (unpaired) electrons. The maximum Gasteiger partial charge on any atom is 0.406 e. The Labute approximate surface area is 105 Å². The van der Waals surface area contributed by atoms with E-state index in [1.165, 1.54) is 6.33 Å². The van der Waals surface area contributed by atoms with Crippen molar-refractivity contribution in [2.24, 2.45) is 12.5 Å². The Balaban J connectivity index is 2.10. The number of aromatic nitrogens is 2. The van der Waals surface area contributed by atoms with E-state index in [0.29, 0.717) is 12.4 Å². The fraction of sp³-hybridized carbons (Fsp3) is 0.727. The van der Waals surface area contributed by atoms with E-state index in [2.05, 4.69) is 10.3 Å². The molecule has 100 valence electrons. The lowest BCUT2D eigenvalue weighted by Gasteiger charge is -2.26. The Kier molecular flexibility index (Phi) is 3.51. The molecule has 1 aromatic rings. The summed E-state index contributed by atoms with van der Waals surface area (Å²) < 4.78 is 1.60. The molecule has 0 aromatic carbocycles. The number of imidazole rings is 1. The van der Waals surface area contributed by atoms with Crippen LogP contribution in [0.4, 0.5) is 11.6 Å². The predicted molar refractivity (Wildman–Crippen MR) is 66.3 cm³/mol. The maximum atomic E-state index is 10.8. The molecule has 0 saturated heterocycles. The molecule has 18 heavy (non-hydrogen) atoms. The van der Waals surface area contributed by atoms with E-state index in [-0.39, 0.29) is 17.8 Å². The number of hydrogen-bond acceptors (Lipinski definition) is 5. The van der Waals surface area contributed by atoms with Crippen molar-refractivity contribution in [1.29, 1.82) is 0 Å². The van der Waals surface area contributed by atoms with Crippen LogP contribution in [0, 0.1) is 15.5 Å². The third kappa shape index (κ3) is 2.31. The second-order valence-corrected chi connectivity index (χ2v) is 5.00. The first-order valence-electron chi connectivity index (χ1n) is 6.08. The summed E-state index contributed by atoms with van der Waals surface area (Å²) in [5.41, 5.74) is -0.141. The summed E-state index contributed by atoms with van der Waals surface area (Å²) in [4.78, 5) is 14.1. The van der Waals surface area contributed by atoms with Crippen LogP contribution in [0.5, 0.6) is 0 Å². The molecule has 7 nitrogen and oxygen atoms in total. The van der Waals surface area contributed by atoms with Crippen molar-refractivity contribution < 1.29 is 10.0 Å². The highest BCUT2D eigenvalue weighted by atomic mass is 16.6. The molecule has 0 spiro atoms.